The molecule has 0 radical (unpaired) electrons. The van der Waals surface area contributed by atoms with Crippen molar-refractivity contribution in [1.82, 2.24) is 0 Å². The molecule has 0 unspecified atom stereocenters. The number of benzene rings is 1. The SMILES string of the molecule is CC.CC.CCC(C)=O.c1ccccc1. The summed E-state index contributed by atoms with van der Waals surface area (Å²) in [7, 11) is 0. The third-order valence-corrected chi connectivity index (χ3v) is 1.16. The second-order valence-corrected chi connectivity index (χ2v) is 2.21. The minimum Gasteiger partial charge on any atom is -0.300 e. The zero-order valence-corrected chi connectivity index (χ0v) is 11.1. The highest BCUT2D eigenvalue weighted by Gasteiger charge is 1.76. The molecule has 0 bridgehead atoms. The fraction of sp³-hybridized carbons (Fsp3) is 0.500. The van der Waals surface area contributed by atoms with Crippen molar-refractivity contribution >= 4 is 5.78 Å². The van der Waals surface area contributed by atoms with E-state index >= 15 is 0 Å². The molecule has 1 aromatic rings. The van der Waals surface area contributed by atoms with E-state index < -0.39 is 0 Å². The third-order valence-electron chi connectivity index (χ3n) is 1.16. The number of hydrogen-bond donors (Lipinski definition) is 0. The molecule has 0 N–H and O–H groups in total. The predicted molar refractivity (Wildman–Crippen MR) is 70.1 cm³/mol. The molecule has 1 heteroatoms. The maximum atomic E-state index is 9.81. The molecule has 0 aliphatic rings. The summed E-state index contributed by atoms with van der Waals surface area (Å²) in [6, 6.07) is 12.0. The van der Waals surface area contributed by atoms with E-state index in [4.69, 9.17) is 0 Å². The average molecular weight is 210 g/mol. The fourth-order valence-corrected chi connectivity index (χ4v) is 0.385. The van der Waals surface area contributed by atoms with Gasteiger partial charge in [-0.2, -0.15) is 0 Å². The topological polar surface area (TPSA) is 17.1 Å². The average Bonchev–Trinajstić information content (AvgIpc) is 2.37. The van der Waals surface area contributed by atoms with Crippen LogP contribution < -0.4 is 0 Å². The van der Waals surface area contributed by atoms with Crippen molar-refractivity contribution in [3.63, 3.8) is 0 Å². The van der Waals surface area contributed by atoms with Crippen molar-refractivity contribution in [1.29, 1.82) is 0 Å². The number of rotatable bonds is 1. The van der Waals surface area contributed by atoms with Gasteiger partial charge in [-0.05, 0) is 6.92 Å². The van der Waals surface area contributed by atoms with Gasteiger partial charge >= 0.3 is 0 Å². The number of carbonyl (C=O) groups excluding carboxylic acids is 1. The Kier molecular flexibility index (Phi) is 29.9. The Bertz CT molecular complexity index is 153. The first kappa shape index (κ1) is 19.5. The highest BCUT2D eigenvalue weighted by molar-refractivity contribution is 5.74. The van der Waals surface area contributed by atoms with Gasteiger partial charge in [-0.15, -0.1) is 0 Å². The van der Waals surface area contributed by atoms with Crippen molar-refractivity contribution in [3.05, 3.63) is 36.4 Å². The number of Topliss-reactive ketones (excluding diaryl/α,β-unsaturated/α-hetero) is 1. The van der Waals surface area contributed by atoms with Crippen molar-refractivity contribution in [3.8, 4) is 0 Å². The Hall–Kier alpha value is -1.11. The molecular weight excluding hydrogens is 184 g/mol. The molecule has 0 aromatic heterocycles. The molecule has 0 amide bonds. The van der Waals surface area contributed by atoms with Gasteiger partial charge in [0.15, 0.2) is 0 Å². The van der Waals surface area contributed by atoms with Gasteiger partial charge in [-0.3, -0.25) is 0 Å². The quantitative estimate of drug-likeness (QED) is 0.655. The summed E-state index contributed by atoms with van der Waals surface area (Å²) >= 11 is 0. The van der Waals surface area contributed by atoms with Crippen molar-refractivity contribution in [2.24, 2.45) is 0 Å². The lowest BCUT2D eigenvalue weighted by atomic mass is 10.4. The first-order valence-corrected chi connectivity index (χ1v) is 5.76. The molecule has 15 heavy (non-hydrogen) atoms. The summed E-state index contributed by atoms with van der Waals surface area (Å²) in [5.41, 5.74) is 0. The Labute approximate surface area is 95.5 Å². The minimum absolute atomic E-state index is 0.255. The molecule has 1 aromatic carbocycles. The van der Waals surface area contributed by atoms with E-state index in [1.807, 2.05) is 71.0 Å². The molecule has 0 aliphatic carbocycles. The number of carbonyl (C=O) groups is 1. The molecule has 1 nitrogen and oxygen atoms in total. The lowest BCUT2D eigenvalue weighted by molar-refractivity contribution is -0.116. The van der Waals surface area contributed by atoms with Gasteiger partial charge in [0.25, 0.3) is 0 Å². The zero-order chi connectivity index (χ0) is 12.5. The summed E-state index contributed by atoms with van der Waals surface area (Å²) in [5.74, 6) is 0.255. The standard InChI is InChI=1S/C6H6.C4H8O.2C2H6/c1-2-4-6-5-3-1;1-3-4(2)5;2*1-2/h1-6H;3H2,1-2H3;2*1-2H3. The van der Waals surface area contributed by atoms with Crippen LogP contribution in [0.25, 0.3) is 0 Å². The predicted octanol–water partition coefficient (Wildman–Crippen LogP) is 4.72. The van der Waals surface area contributed by atoms with Crippen LogP contribution in [-0.4, -0.2) is 5.78 Å². The molecule has 1 rings (SSSR count). The zero-order valence-electron chi connectivity index (χ0n) is 11.1. The monoisotopic (exact) mass is 210 g/mol. The summed E-state index contributed by atoms with van der Waals surface area (Å²) in [5, 5.41) is 0. The maximum Gasteiger partial charge on any atom is 0.129 e. The normalized spacial score (nSPS) is 6.53. The van der Waals surface area contributed by atoms with Crippen LogP contribution in [0.1, 0.15) is 48.0 Å². The molecule has 0 aliphatic heterocycles. The first-order valence-electron chi connectivity index (χ1n) is 5.76. The van der Waals surface area contributed by atoms with Gasteiger partial charge in [-0.25, -0.2) is 0 Å². The summed E-state index contributed by atoms with van der Waals surface area (Å²) < 4.78 is 0. The molecule has 0 heterocycles. The van der Waals surface area contributed by atoms with Gasteiger partial charge in [0.2, 0.25) is 0 Å². The van der Waals surface area contributed by atoms with Gasteiger partial charge in [-0.1, -0.05) is 71.0 Å². The minimum atomic E-state index is 0.255. The second kappa shape index (κ2) is 23.1. The summed E-state index contributed by atoms with van der Waals surface area (Å²) in [6.45, 7) is 11.4. The van der Waals surface area contributed by atoms with Crippen LogP contribution in [-0.2, 0) is 4.79 Å². The van der Waals surface area contributed by atoms with Gasteiger partial charge in [0, 0.05) is 6.42 Å². The third kappa shape index (κ3) is 32.2. The van der Waals surface area contributed by atoms with Crippen LogP contribution in [0.4, 0.5) is 0 Å². The van der Waals surface area contributed by atoms with Crippen molar-refractivity contribution in [2.75, 3.05) is 0 Å². The van der Waals surface area contributed by atoms with E-state index in [9.17, 15) is 4.79 Å². The summed E-state index contributed by atoms with van der Waals surface area (Å²) in [4.78, 5) is 9.81. The van der Waals surface area contributed by atoms with E-state index in [-0.39, 0.29) is 5.78 Å². The Morgan fingerprint density at radius 2 is 0.933 bits per heavy atom. The van der Waals surface area contributed by atoms with Crippen molar-refractivity contribution in [2.45, 2.75) is 48.0 Å². The van der Waals surface area contributed by atoms with Gasteiger partial charge < -0.3 is 4.79 Å². The van der Waals surface area contributed by atoms with Crippen LogP contribution in [0.3, 0.4) is 0 Å². The van der Waals surface area contributed by atoms with E-state index in [1.54, 1.807) is 6.92 Å². The molecule has 0 spiro atoms. The van der Waals surface area contributed by atoms with E-state index in [1.165, 1.54) is 0 Å². The number of hydrogen-bond acceptors (Lipinski definition) is 1. The van der Waals surface area contributed by atoms with E-state index in [0.29, 0.717) is 6.42 Å². The van der Waals surface area contributed by atoms with Crippen LogP contribution in [0.2, 0.25) is 0 Å². The Balaban J connectivity index is -0.000000146. The molecule has 88 valence electrons. The molecule has 0 atom stereocenters. The van der Waals surface area contributed by atoms with Crippen LogP contribution >= 0.6 is 0 Å². The molecule has 0 saturated carbocycles. The molecule has 0 saturated heterocycles. The lowest BCUT2D eigenvalue weighted by Gasteiger charge is -1.71. The van der Waals surface area contributed by atoms with E-state index in [0.717, 1.165) is 0 Å². The Morgan fingerprint density at radius 1 is 0.800 bits per heavy atom. The smallest absolute Gasteiger partial charge is 0.129 e. The molecule has 0 fully saturated rings. The fourth-order valence-electron chi connectivity index (χ4n) is 0.385. The highest BCUT2D eigenvalue weighted by atomic mass is 16.1. The van der Waals surface area contributed by atoms with Crippen molar-refractivity contribution < 1.29 is 4.79 Å². The van der Waals surface area contributed by atoms with Crippen LogP contribution in [0.5, 0.6) is 0 Å². The Morgan fingerprint density at radius 3 is 1.00 bits per heavy atom. The van der Waals surface area contributed by atoms with Crippen LogP contribution in [0.15, 0.2) is 36.4 Å². The number of ketones is 1. The first-order chi connectivity index (χ1) is 7.27. The molecular formula is C14H26O. The summed E-state index contributed by atoms with van der Waals surface area (Å²) in [6.07, 6.45) is 0.667. The van der Waals surface area contributed by atoms with Gasteiger partial charge in [0.1, 0.15) is 5.78 Å². The van der Waals surface area contributed by atoms with E-state index in [2.05, 4.69) is 0 Å². The largest absolute Gasteiger partial charge is 0.300 e. The van der Waals surface area contributed by atoms with Crippen LogP contribution in [0, 0.1) is 0 Å². The second-order valence-electron chi connectivity index (χ2n) is 2.21. The maximum absolute atomic E-state index is 9.81. The highest BCUT2D eigenvalue weighted by Crippen LogP contribution is 1.79. The van der Waals surface area contributed by atoms with Gasteiger partial charge in [0.05, 0.1) is 0 Å². The lowest BCUT2D eigenvalue weighted by Crippen LogP contribution is -1.80.